The zero-order valence-electron chi connectivity index (χ0n) is 11.8. The van der Waals surface area contributed by atoms with E-state index in [-0.39, 0.29) is 0 Å². The molecule has 0 saturated carbocycles. The molecule has 0 aliphatic rings. The molecule has 0 saturated heterocycles. The average Bonchev–Trinajstić information content (AvgIpc) is 2.44. The van der Waals surface area contributed by atoms with Crippen LogP contribution in [0.2, 0.25) is 5.02 Å². The molecule has 0 bridgehead atoms. The molecule has 0 unspecified atom stereocenters. The molecule has 2 rings (SSSR count). The third-order valence-corrected chi connectivity index (χ3v) is 3.03. The number of hydrogen-bond acceptors (Lipinski definition) is 4. The zero-order valence-corrected chi connectivity index (χ0v) is 12.5. The van der Waals surface area contributed by atoms with Gasteiger partial charge in [-0.25, -0.2) is 9.97 Å². The van der Waals surface area contributed by atoms with E-state index in [4.69, 9.17) is 11.6 Å². The Kier molecular flexibility index (Phi) is 5.18. The molecule has 0 atom stereocenters. The maximum absolute atomic E-state index is 5.87. The summed E-state index contributed by atoms with van der Waals surface area (Å²) in [5, 5.41) is 7.32. The van der Waals surface area contributed by atoms with Crippen molar-refractivity contribution in [2.24, 2.45) is 0 Å². The third-order valence-electron chi connectivity index (χ3n) is 2.78. The predicted molar refractivity (Wildman–Crippen MR) is 84.3 cm³/mol. The summed E-state index contributed by atoms with van der Waals surface area (Å²) in [6, 6.07) is 9.70. The van der Waals surface area contributed by atoms with Crippen molar-refractivity contribution in [3.05, 3.63) is 46.7 Å². The summed E-state index contributed by atoms with van der Waals surface area (Å²) in [6.45, 7) is 5.64. The topological polar surface area (TPSA) is 49.8 Å². The number of benzene rings is 1. The minimum absolute atomic E-state index is 0.709. The van der Waals surface area contributed by atoms with E-state index in [2.05, 4.69) is 27.5 Å². The van der Waals surface area contributed by atoms with Gasteiger partial charge in [-0.2, -0.15) is 0 Å². The minimum Gasteiger partial charge on any atom is -0.370 e. The number of rotatable bonds is 6. The van der Waals surface area contributed by atoms with Gasteiger partial charge in [-0.3, -0.25) is 0 Å². The summed E-state index contributed by atoms with van der Waals surface area (Å²) in [5.41, 5.74) is 1.16. The molecule has 1 heterocycles. The Labute approximate surface area is 124 Å². The molecule has 1 aromatic carbocycles. The molecule has 0 radical (unpaired) electrons. The second-order valence-electron chi connectivity index (χ2n) is 4.59. The van der Waals surface area contributed by atoms with Crippen LogP contribution in [0.1, 0.15) is 24.7 Å². The molecule has 0 spiro atoms. The monoisotopic (exact) mass is 290 g/mol. The van der Waals surface area contributed by atoms with Crippen LogP contribution in [0.4, 0.5) is 11.6 Å². The number of halogens is 1. The lowest BCUT2D eigenvalue weighted by molar-refractivity contribution is 0.951. The van der Waals surface area contributed by atoms with E-state index in [9.17, 15) is 0 Å². The SMILES string of the molecule is CCCNc1cc(NCc2ccc(Cl)cc2)nc(C)n1. The van der Waals surface area contributed by atoms with Crippen molar-refractivity contribution in [3.8, 4) is 0 Å². The Balaban J connectivity index is 2.01. The predicted octanol–water partition coefficient (Wildman–Crippen LogP) is 3.87. The van der Waals surface area contributed by atoms with Crippen LogP contribution in [0.15, 0.2) is 30.3 Å². The Morgan fingerprint density at radius 1 is 1.05 bits per heavy atom. The van der Waals surface area contributed by atoms with Crippen LogP contribution in [-0.2, 0) is 6.54 Å². The highest BCUT2D eigenvalue weighted by atomic mass is 35.5. The van der Waals surface area contributed by atoms with Gasteiger partial charge in [0.25, 0.3) is 0 Å². The second-order valence-corrected chi connectivity index (χ2v) is 5.03. The van der Waals surface area contributed by atoms with Gasteiger partial charge in [0.2, 0.25) is 0 Å². The van der Waals surface area contributed by atoms with Crippen molar-refractivity contribution < 1.29 is 0 Å². The smallest absolute Gasteiger partial charge is 0.132 e. The van der Waals surface area contributed by atoms with Gasteiger partial charge in [-0.15, -0.1) is 0 Å². The first-order valence-electron chi connectivity index (χ1n) is 6.75. The van der Waals surface area contributed by atoms with E-state index >= 15 is 0 Å². The quantitative estimate of drug-likeness (QED) is 0.848. The lowest BCUT2D eigenvalue weighted by atomic mass is 10.2. The number of anilines is 2. The number of aryl methyl sites for hydroxylation is 1. The second kappa shape index (κ2) is 7.10. The van der Waals surface area contributed by atoms with E-state index in [1.54, 1.807) is 0 Å². The molecular weight excluding hydrogens is 272 g/mol. The first-order chi connectivity index (χ1) is 9.67. The maximum atomic E-state index is 5.87. The lowest BCUT2D eigenvalue weighted by Gasteiger charge is -2.10. The summed E-state index contributed by atoms with van der Waals surface area (Å²) in [5.74, 6) is 2.44. The maximum Gasteiger partial charge on any atom is 0.132 e. The van der Waals surface area contributed by atoms with Gasteiger partial charge in [0.15, 0.2) is 0 Å². The van der Waals surface area contributed by atoms with E-state index < -0.39 is 0 Å². The summed E-state index contributed by atoms with van der Waals surface area (Å²) < 4.78 is 0. The summed E-state index contributed by atoms with van der Waals surface area (Å²) in [7, 11) is 0. The molecule has 20 heavy (non-hydrogen) atoms. The van der Waals surface area contributed by atoms with Gasteiger partial charge in [0, 0.05) is 24.2 Å². The van der Waals surface area contributed by atoms with Crippen LogP contribution in [0.5, 0.6) is 0 Å². The van der Waals surface area contributed by atoms with Gasteiger partial charge < -0.3 is 10.6 Å². The van der Waals surface area contributed by atoms with Crippen molar-refractivity contribution in [2.75, 3.05) is 17.2 Å². The molecule has 4 nitrogen and oxygen atoms in total. The van der Waals surface area contributed by atoms with Crippen molar-refractivity contribution in [2.45, 2.75) is 26.8 Å². The van der Waals surface area contributed by atoms with Gasteiger partial charge in [0.05, 0.1) is 0 Å². The number of nitrogens with one attached hydrogen (secondary N) is 2. The van der Waals surface area contributed by atoms with Crippen LogP contribution < -0.4 is 10.6 Å². The van der Waals surface area contributed by atoms with Crippen molar-refractivity contribution in [1.29, 1.82) is 0 Å². The molecular formula is C15H19ClN4. The van der Waals surface area contributed by atoms with Crippen molar-refractivity contribution in [3.63, 3.8) is 0 Å². The molecule has 0 amide bonds. The van der Waals surface area contributed by atoms with E-state index in [0.29, 0.717) is 6.54 Å². The average molecular weight is 291 g/mol. The molecule has 2 aromatic rings. The zero-order chi connectivity index (χ0) is 14.4. The third kappa shape index (κ3) is 4.38. The Bertz CT molecular complexity index is 554. The number of nitrogens with zero attached hydrogens (tertiary/aromatic N) is 2. The number of hydrogen-bond donors (Lipinski definition) is 2. The highest BCUT2D eigenvalue weighted by Crippen LogP contribution is 2.14. The Morgan fingerprint density at radius 3 is 2.35 bits per heavy atom. The lowest BCUT2D eigenvalue weighted by Crippen LogP contribution is -2.07. The van der Waals surface area contributed by atoms with Gasteiger partial charge >= 0.3 is 0 Å². The van der Waals surface area contributed by atoms with Crippen molar-refractivity contribution in [1.82, 2.24) is 9.97 Å². The van der Waals surface area contributed by atoms with Crippen molar-refractivity contribution >= 4 is 23.2 Å². The van der Waals surface area contributed by atoms with E-state index in [0.717, 1.165) is 41.0 Å². The largest absolute Gasteiger partial charge is 0.370 e. The molecule has 0 aliphatic carbocycles. The Morgan fingerprint density at radius 2 is 1.70 bits per heavy atom. The molecule has 1 aromatic heterocycles. The molecule has 0 fully saturated rings. The summed E-state index contributed by atoms with van der Waals surface area (Å²) in [4.78, 5) is 8.74. The van der Waals surface area contributed by atoms with Crippen LogP contribution in [0.3, 0.4) is 0 Å². The Hall–Kier alpha value is -1.81. The first kappa shape index (κ1) is 14.6. The van der Waals surface area contributed by atoms with E-state index in [1.807, 2.05) is 37.3 Å². The van der Waals surface area contributed by atoms with Crippen LogP contribution in [0.25, 0.3) is 0 Å². The van der Waals surface area contributed by atoms with Crippen LogP contribution in [0, 0.1) is 6.92 Å². The summed E-state index contributed by atoms with van der Waals surface area (Å²) in [6.07, 6.45) is 1.07. The normalized spacial score (nSPS) is 10.3. The van der Waals surface area contributed by atoms with E-state index in [1.165, 1.54) is 0 Å². The van der Waals surface area contributed by atoms with Gasteiger partial charge in [-0.1, -0.05) is 30.7 Å². The van der Waals surface area contributed by atoms with Gasteiger partial charge in [0.1, 0.15) is 17.5 Å². The number of aromatic nitrogens is 2. The highest BCUT2D eigenvalue weighted by molar-refractivity contribution is 6.30. The molecule has 106 valence electrons. The highest BCUT2D eigenvalue weighted by Gasteiger charge is 2.01. The van der Waals surface area contributed by atoms with Gasteiger partial charge in [-0.05, 0) is 31.0 Å². The van der Waals surface area contributed by atoms with Crippen LogP contribution in [-0.4, -0.2) is 16.5 Å². The molecule has 2 N–H and O–H groups in total. The summed E-state index contributed by atoms with van der Waals surface area (Å²) >= 11 is 5.87. The fourth-order valence-electron chi connectivity index (χ4n) is 1.80. The molecule has 5 heteroatoms. The fraction of sp³-hybridized carbons (Fsp3) is 0.333. The fourth-order valence-corrected chi connectivity index (χ4v) is 1.92. The van der Waals surface area contributed by atoms with Crippen LogP contribution >= 0.6 is 11.6 Å². The molecule has 0 aliphatic heterocycles. The first-order valence-corrected chi connectivity index (χ1v) is 7.13. The minimum atomic E-state index is 0.709. The standard InChI is InChI=1S/C15H19ClN4/c1-3-8-17-14-9-15(20-11(2)19-14)18-10-12-4-6-13(16)7-5-12/h4-7,9H,3,8,10H2,1-2H3,(H2,17,18,19,20).